The molecule has 0 bridgehead atoms. The zero-order valence-electron chi connectivity index (χ0n) is 15.8. The lowest BCUT2D eigenvalue weighted by Crippen LogP contribution is -2.26. The third kappa shape index (κ3) is 2.95. The number of amides is 1. The largest absolute Gasteiger partial charge is 0.481 e. The number of carbonyl (C=O) groups excluding carboxylic acids is 1. The van der Waals surface area contributed by atoms with E-state index in [1.165, 1.54) is 5.56 Å². The monoisotopic (exact) mass is 363 g/mol. The Bertz CT molecular complexity index is 1020. The van der Waals surface area contributed by atoms with Gasteiger partial charge < -0.3 is 10.1 Å². The van der Waals surface area contributed by atoms with E-state index >= 15 is 0 Å². The van der Waals surface area contributed by atoms with E-state index in [0.717, 1.165) is 11.1 Å². The summed E-state index contributed by atoms with van der Waals surface area (Å²) in [6, 6.07) is 10.1. The minimum Gasteiger partial charge on any atom is -0.481 e. The molecule has 1 N–H and O–H groups in total. The summed E-state index contributed by atoms with van der Waals surface area (Å²) in [5.41, 5.74) is 3.10. The van der Waals surface area contributed by atoms with Crippen LogP contribution in [0.25, 0.3) is 11.5 Å². The molecule has 4 rings (SSSR count). The molecule has 3 heterocycles. The van der Waals surface area contributed by atoms with Gasteiger partial charge in [-0.25, -0.2) is 14.6 Å². The molecular weight excluding hydrogens is 342 g/mol. The second-order valence-corrected chi connectivity index (χ2v) is 7.25. The summed E-state index contributed by atoms with van der Waals surface area (Å²) in [7, 11) is 1.61. The van der Waals surface area contributed by atoms with E-state index in [9.17, 15) is 4.79 Å². The average Bonchev–Trinajstić information content (AvgIpc) is 3.15. The molecule has 0 saturated heterocycles. The number of nitrogens with zero attached hydrogens (tertiary/aromatic N) is 4. The number of hydrogen-bond donors (Lipinski definition) is 1. The predicted octanol–water partition coefficient (Wildman–Crippen LogP) is 2.94. The van der Waals surface area contributed by atoms with Crippen LogP contribution in [0.3, 0.4) is 0 Å². The van der Waals surface area contributed by atoms with Crippen molar-refractivity contribution in [1.82, 2.24) is 19.7 Å². The van der Waals surface area contributed by atoms with Gasteiger partial charge in [-0.15, -0.1) is 0 Å². The molecule has 0 aliphatic carbocycles. The van der Waals surface area contributed by atoms with Crippen LogP contribution in [0.2, 0.25) is 0 Å². The molecule has 3 aromatic rings. The molecule has 0 spiro atoms. The van der Waals surface area contributed by atoms with Crippen LogP contribution >= 0.6 is 0 Å². The fourth-order valence-electron chi connectivity index (χ4n) is 3.10. The van der Waals surface area contributed by atoms with Crippen molar-refractivity contribution < 1.29 is 9.53 Å². The standard InChI is InChI=1S/C20H21N5O2/c1-12-5-7-13(8-6-12)11-25-16(27-4)9-15(24-25)18-21-10-14-17(22-18)23-19(26)20(14,2)3/h5-10H,11H2,1-4H3,(H,21,22,23,26). The molecule has 0 fully saturated rings. The number of fused-ring (bicyclic) bond motifs is 1. The number of carbonyl (C=O) groups is 1. The quantitative estimate of drug-likeness (QED) is 0.771. The van der Waals surface area contributed by atoms with Gasteiger partial charge in [-0.3, -0.25) is 4.79 Å². The first-order chi connectivity index (χ1) is 12.9. The highest BCUT2D eigenvalue weighted by Crippen LogP contribution is 2.36. The van der Waals surface area contributed by atoms with Crippen molar-refractivity contribution in [3.63, 3.8) is 0 Å². The van der Waals surface area contributed by atoms with Crippen LogP contribution in [0.15, 0.2) is 36.5 Å². The topological polar surface area (TPSA) is 81.9 Å². The van der Waals surface area contributed by atoms with Crippen molar-refractivity contribution in [3.05, 3.63) is 53.2 Å². The smallest absolute Gasteiger partial charge is 0.235 e. The first-order valence-electron chi connectivity index (χ1n) is 8.75. The van der Waals surface area contributed by atoms with Gasteiger partial charge in [0.25, 0.3) is 0 Å². The zero-order chi connectivity index (χ0) is 19.2. The SMILES string of the molecule is COc1cc(-c2ncc3c(n2)NC(=O)C3(C)C)nn1Cc1ccc(C)cc1. The Morgan fingerprint density at radius 3 is 2.67 bits per heavy atom. The summed E-state index contributed by atoms with van der Waals surface area (Å²) in [4.78, 5) is 21.0. The summed E-state index contributed by atoms with van der Waals surface area (Å²) in [5, 5.41) is 7.43. The highest BCUT2D eigenvalue weighted by atomic mass is 16.5. The second-order valence-electron chi connectivity index (χ2n) is 7.25. The van der Waals surface area contributed by atoms with Gasteiger partial charge in [-0.2, -0.15) is 5.10 Å². The Morgan fingerprint density at radius 2 is 1.96 bits per heavy atom. The lowest BCUT2D eigenvalue weighted by atomic mass is 9.88. The number of aromatic nitrogens is 4. The van der Waals surface area contributed by atoms with Gasteiger partial charge in [-0.1, -0.05) is 29.8 Å². The van der Waals surface area contributed by atoms with Crippen LogP contribution in [0, 0.1) is 6.92 Å². The first-order valence-corrected chi connectivity index (χ1v) is 8.75. The van der Waals surface area contributed by atoms with E-state index in [0.29, 0.717) is 29.8 Å². The average molecular weight is 363 g/mol. The van der Waals surface area contributed by atoms with Crippen molar-refractivity contribution in [2.75, 3.05) is 12.4 Å². The summed E-state index contributed by atoms with van der Waals surface area (Å²) in [5.74, 6) is 1.54. The summed E-state index contributed by atoms with van der Waals surface area (Å²) >= 11 is 0. The Kier molecular flexibility index (Phi) is 3.95. The van der Waals surface area contributed by atoms with Crippen molar-refractivity contribution in [3.8, 4) is 17.4 Å². The van der Waals surface area contributed by atoms with Gasteiger partial charge in [-0.05, 0) is 26.3 Å². The van der Waals surface area contributed by atoms with Gasteiger partial charge in [0.1, 0.15) is 11.5 Å². The maximum absolute atomic E-state index is 12.1. The molecule has 1 aliphatic rings. The molecule has 0 atom stereocenters. The number of anilines is 1. The lowest BCUT2D eigenvalue weighted by molar-refractivity contribution is -0.119. The van der Waals surface area contributed by atoms with Crippen molar-refractivity contribution in [2.24, 2.45) is 0 Å². The number of hydrogen-bond acceptors (Lipinski definition) is 5. The van der Waals surface area contributed by atoms with Gasteiger partial charge in [0.2, 0.25) is 11.8 Å². The van der Waals surface area contributed by atoms with Crippen LogP contribution in [-0.2, 0) is 16.8 Å². The molecule has 0 unspecified atom stereocenters. The molecule has 0 saturated carbocycles. The molecule has 27 heavy (non-hydrogen) atoms. The molecule has 138 valence electrons. The second kappa shape index (κ2) is 6.19. The maximum atomic E-state index is 12.1. The Morgan fingerprint density at radius 1 is 1.22 bits per heavy atom. The Balaban J connectivity index is 1.67. The van der Waals surface area contributed by atoms with E-state index in [1.54, 1.807) is 24.1 Å². The third-order valence-corrected chi connectivity index (χ3v) is 4.90. The van der Waals surface area contributed by atoms with Crippen LogP contribution in [-0.4, -0.2) is 32.8 Å². The highest BCUT2D eigenvalue weighted by Gasteiger charge is 2.40. The van der Waals surface area contributed by atoms with Gasteiger partial charge in [0.05, 0.1) is 19.1 Å². The van der Waals surface area contributed by atoms with Gasteiger partial charge in [0, 0.05) is 17.8 Å². The van der Waals surface area contributed by atoms with E-state index in [-0.39, 0.29) is 5.91 Å². The lowest BCUT2D eigenvalue weighted by Gasteiger charge is -2.13. The van der Waals surface area contributed by atoms with E-state index in [1.807, 2.05) is 13.8 Å². The Hall–Kier alpha value is -3.22. The van der Waals surface area contributed by atoms with E-state index in [2.05, 4.69) is 51.6 Å². The predicted molar refractivity (Wildman–Crippen MR) is 102 cm³/mol. The number of benzene rings is 1. The van der Waals surface area contributed by atoms with Crippen molar-refractivity contribution in [2.45, 2.75) is 32.7 Å². The minimum atomic E-state index is -0.629. The third-order valence-electron chi connectivity index (χ3n) is 4.90. The molecular formula is C20H21N5O2. The Labute approximate surface area is 157 Å². The molecule has 7 heteroatoms. The molecule has 7 nitrogen and oxygen atoms in total. The number of rotatable bonds is 4. The highest BCUT2D eigenvalue weighted by molar-refractivity contribution is 6.04. The first kappa shape index (κ1) is 17.2. The fraction of sp³-hybridized carbons (Fsp3) is 0.300. The molecule has 2 aromatic heterocycles. The number of ether oxygens (including phenoxy) is 1. The van der Waals surface area contributed by atoms with Crippen LogP contribution in [0.5, 0.6) is 5.88 Å². The van der Waals surface area contributed by atoms with E-state index < -0.39 is 5.41 Å². The number of methoxy groups -OCH3 is 1. The molecule has 1 amide bonds. The molecule has 1 aromatic carbocycles. The van der Waals surface area contributed by atoms with Gasteiger partial charge >= 0.3 is 0 Å². The van der Waals surface area contributed by atoms with Gasteiger partial charge in [0.15, 0.2) is 5.82 Å². The van der Waals surface area contributed by atoms with Crippen LogP contribution in [0.1, 0.15) is 30.5 Å². The number of nitrogens with one attached hydrogen (secondary N) is 1. The molecule has 0 radical (unpaired) electrons. The molecule has 1 aliphatic heterocycles. The van der Waals surface area contributed by atoms with Crippen LogP contribution in [0.4, 0.5) is 5.82 Å². The maximum Gasteiger partial charge on any atom is 0.235 e. The van der Waals surface area contributed by atoms with Crippen LogP contribution < -0.4 is 10.1 Å². The summed E-state index contributed by atoms with van der Waals surface area (Å²) < 4.78 is 7.24. The summed E-state index contributed by atoms with van der Waals surface area (Å²) in [6.45, 7) is 6.35. The fourth-order valence-corrected chi connectivity index (χ4v) is 3.10. The zero-order valence-corrected chi connectivity index (χ0v) is 15.8. The number of aryl methyl sites for hydroxylation is 1. The van der Waals surface area contributed by atoms with Crippen molar-refractivity contribution in [1.29, 1.82) is 0 Å². The normalized spacial score (nSPS) is 14.7. The summed E-state index contributed by atoms with van der Waals surface area (Å²) in [6.07, 6.45) is 1.70. The van der Waals surface area contributed by atoms with Crippen molar-refractivity contribution >= 4 is 11.7 Å². The van der Waals surface area contributed by atoms with E-state index in [4.69, 9.17) is 4.74 Å². The minimum absolute atomic E-state index is 0.0774.